The zero-order valence-corrected chi connectivity index (χ0v) is 72.6. The van der Waals surface area contributed by atoms with Crippen molar-refractivity contribution in [3.05, 3.63) is 374 Å². The molecule has 18 rings (SSSR count). The van der Waals surface area contributed by atoms with Crippen molar-refractivity contribution in [2.45, 2.75) is 131 Å². The van der Waals surface area contributed by atoms with E-state index >= 15 is 0 Å². The summed E-state index contributed by atoms with van der Waals surface area (Å²) in [5.74, 6) is 4.82. The van der Waals surface area contributed by atoms with Gasteiger partial charge in [-0.1, -0.05) is 215 Å². The Morgan fingerprint density at radius 1 is 0.360 bits per heavy atom. The van der Waals surface area contributed by atoms with Crippen LogP contribution in [-0.4, -0.2) is 87.7 Å². The van der Waals surface area contributed by atoms with Crippen molar-refractivity contribution >= 4 is 62.1 Å². The summed E-state index contributed by atoms with van der Waals surface area (Å²) in [6, 6.07) is 92.5. The predicted molar refractivity (Wildman–Crippen MR) is 507 cm³/mol. The van der Waals surface area contributed by atoms with Crippen LogP contribution in [0.15, 0.2) is 273 Å². The van der Waals surface area contributed by atoms with Crippen LogP contribution in [0.25, 0.3) is 49.4 Å². The van der Waals surface area contributed by atoms with E-state index in [1.54, 1.807) is 35.4 Å². The number of hydrogen-bond acceptors (Lipinski definition) is 14. The van der Waals surface area contributed by atoms with Crippen molar-refractivity contribution in [2.75, 3.05) is 41.0 Å². The summed E-state index contributed by atoms with van der Waals surface area (Å²) >= 11 is 0. The number of fused-ring (bicyclic) bond motifs is 3. The van der Waals surface area contributed by atoms with Crippen LogP contribution < -0.4 is 41.6 Å². The van der Waals surface area contributed by atoms with Crippen LogP contribution in [0.3, 0.4) is 0 Å². The molecule has 3 atom stereocenters. The standard InChI is InChI=1S/C36H37N3O2.2C35H36N4O2.CH4.ClH/c1-4-25-9-8-13-30(21-25)39-32(19-24(2)38-39)33(40)22-27-10-7-12-29(20-27)36(37-23-26-15-16-26)35-31-14-6-5-11-28(31)17-18-34(35)41-3;2*1-23-17-31(39(38-23)29-11-6-8-26(19-29)21-36)32(40)20-25-7-5-10-28(18-25)35(37-22-24-13-14-24)34-30-12-4-3-9-27(30)15-16-33(34)41-2;;/h5-14,17-21,26,36-37H,4,15-16,22-23H2,1-3H3;2*3-12,15-19,24,35,37H,13-14,20-22,36H2,1-2H3;1H4;1H. The molecular formula is C107H114ClN11O6. The van der Waals surface area contributed by atoms with Crippen LogP contribution >= 0.6 is 12.4 Å². The summed E-state index contributed by atoms with van der Waals surface area (Å²) in [7, 11) is 5.20. The van der Waals surface area contributed by atoms with Crippen LogP contribution in [0.4, 0.5) is 0 Å². The number of methoxy groups -OCH3 is 3. The van der Waals surface area contributed by atoms with Crippen molar-refractivity contribution in [1.82, 2.24) is 45.3 Å². The van der Waals surface area contributed by atoms with E-state index in [2.05, 4.69) is 214 Å². The van der Waals surface area contributed by atoms with Gasteiger partial charge in [0.1, 0.15) is 34.3 Å². The van der Waals surface area contributed by atoms with Crippen molar-refractivity contribution in [2.24, 2.45) is 29.2 Å². The summed E-state index contributed by atoms with van der Waals surface area (Å²) in [4.78, 5) is 41.1. The summed E-state index contributed by atoms with van der Waals surface area (Å²) < 4.78 is 23.0. The van der Waals surface area contributed by atoms with E-state index in [4.69, 9.17) is 25.7 Å². The maximum atomic E-state index is 13.7. The third-order valence-electron chi connectivity index (χ3n) is 23.9. The summed E-state index contributed by atoms with van der Waals surface area (Å²) in [5, 5.41) is 32.5. The second-order valence-corrected chi connectivity index (χ2v) is 33.1. The lowest BCUT2D eigenvalue weighted by Gasteiger charge is -2.24. The second kappa shape index (κ2) is 40.9. The first-order chi connectivity index (χ1) is 60.1. The van der Waals surface area contributed by atoms with E-state index < -0.39 is 0 Å². The molecule has 0 aliphatic heterocycles. The smallest absolute Gasteiger partial charge is 0.185 e. The molecule has 7 N–H and O–H groups in total. The van der Waals surface area contributed by atoms with Gasteiger partial charge in [-0.2, -0.15) is 15.3 Å². The minimum atomic E-state index is -0.0709. The first-order valence-electron chi connectivity index (χ1n) is 43.2. The zero-order chi connectivity index (χ0) is 85.0. The number of nitrogens with zero attached hydrogens (tertiary/aromatic N) is 6. The Kier molecular flexibility index (Phi) is 29.1. The Labute approximate surface area is 740 Å². The van der Waals surface area contributed by atoms with E-state index in [0.717, 1.165) is 145 Å². The number of Topliss-reactive ketones (excluding diaryl/α,β-unsaturated/α-hetero) is 3. The Bertz CT molecular complexity index is 5710. The topological polar surface area (TPSA) is 220 Å². The van der Waals surface area contributed by atoms with Gasteiger partial charge in [-0.3, -0.25) is 14.4 Å². The average Bonchev–Trinajstić information content (AvgIpc) is 1.63. The number of nitrogens with one attached hydrogen (secondary N) is 3. The number of carbonyl (C=O) groups is 3. The SMILES string of the molecule is C.CCc1cccc(-n2nc(C)cc2C(=O)Cc2cccc(C(NCC3CC3)c3c(OC)ccc4ccccc34)c2)c1.COc1ccc2ccccc2c1C(NCC1CC1)c1cccc(CC(=O)c2cc(C)nn2-c2cccc(CN)c2)c1.COc1ccc2ccccc2c1C(NCC1CC1)c1cccc(CC(=O)c2cc(C)nn2-c2cccc(CN)c2)c1.Cl. The molecule has 640 valence electrons. The molecule has 125 heavy (non-hydrogen) atoms. The van der Waals surface area contributed by atoms with Gasteiger partial charge in [-0.15, -0.1) is 12.4 Å². The van der Waals surface area contributed by atoms with E-state index in [9.17, 15) is 14.4 Å². The Morgan fingerprint density at radius 3 is 0.928 bits per heavy atom. The van der Waals surface area contributed by atoms with Gasteiger partial charge < -0.3 is 41.6 Å². The number of nitrogens with two attached hydrogens (primary N) is 2. The van der Waals surface area contributed by atoms with Crippen LogP contribution in [0.1, 0.15) is 186 Å². The lowest BCUT2D eigenvalue weighted by molar-refractivity contribution is 0.0977. The quantitative estimate of drug-likeness (QED) is 0.0242. The molecule has 3 fully saturated rings. The Morgan fingerprint density at radius 2 is 0.640 bits per heavy atom. The summed E-state index contributed by atoms with van der Waals surface area (Å²) in [6.45, 7) is 11.6. The molecule has 17 nitrogen and oxygen atoms in total. The molecule has 0 radical (unpaired) electrons. The van der Waals surface area contributed by atoms with Crippen LogP contribution in [-0.2, 0) is 38.8 Å². The van der Waals surface area contributed by atoms with E-state index in [0.29, 0.717) is 48.4 Å². The van der Waals surface area contributed by atoms with Gasteiger partial charge >= 0.3 is 0 Å². The molecular weight excluding hydrogens is 1570 g/mol. The number of aromatic nitrogens is 6. The van der Waals surface area contributed by atoms with Crippen molar-refractivity contribution in [3.63, 3.8) is 0 Å². The third kappa shape index (κ3) is 21.2. The fourth-order valence-corrected chi connectivity index (χ4v) is 16.9. The maximum absolute atomic E-state index is 13.7. The van der Waals surface area contributed by atoms with Crippen LogP contribution in [0, 0.1) is 38.5 Å². The number of halogens is 1. The molecule has 0 bridgehead atoms. The molecule has 18 heteroatoms. The minimum Gasteiger partial charge on any atom is -0.496 e. The highest BCUT2D eigenvalue weighted by atomic mass is 35.5. The number of ether oxygens (including phenoxy) is 3. The lowest BCUT2D eigenvalue weighted by Crippen LogP contribution is -2.25. The molecule has 3 aliphatic carbocycles. The molecule has 12 aromatic carbocycles. The molecule has 15 aromatic rings. The van der Waals surface area contributed by atoms with Crippen LogP contribution in [0.2, 0.25) is 0 Å². The molecule has 0 amide bonds. The van der Waals surface area contributed by atoms with Crippen molar-refractivity contribution in [3.8, 4) is 34.3 Å². The van der Waals surface area contributed by atoms with Gasteiger partial charge in [0.05, 0.1) is 73.6 Å². The highest BCUT2D eigenvalue weighted by Gasteiger charge is 2.32. The average molecular weight is 1690 g/mol. The van der Waals surface area contributed by atoms with Gasteiger partial charge in [0.25, 0.3) is 0 Å². The fourth-order valence-electron chi connectivity index (χ4n) is 16.9. The van der Waals surface area contributed by atoms with Crippen LogP contribution in [0.5, 0.6) is 17.2 Å². The maximum Gasteiger partial charge on any atom is 0.185 e. The largest absolute Gasteiger partial charge is 0.496 e. The highest BCUT2D eigenvalue weighted by Crippen LogP contribution is 2.43. The summed E-state index contributed by atoms with van der Waals surface area (Å²) in [6.07, 6.45) is 9.39. The van der Waals surface area contributed by atoms with Gasteiger partial charge in [-0.25, -0.2) is 14.0 Å². The lowest BCUT2D eigenvalue weighted by atomic mass is 9.91. The number of carbonyl (C=O) groups excluding carboxylic acids is 3. The molecule has 0 spiro atoms. The molecule has 3 unspecified atom stereocenters. The van der Waals surface area contributed by atoms with Gasteiger partial charge in [-0.05, 0) is 258 Å². The molecule has 3 heterocycles. The monoisotopic (exact) mass is 1680 g/mol. The minimum absolute atomic E-state index is 0. The number of aryl methyl sites for hydroxylation is 4. The Hall–Kier alpha value is -12.5. The normalized spacial score (nSPS) is 13.6. The molecule has 3 saturated carbocycles. The summed E-state index contributed by atoms with van der Waals surface area (Å²) in [5.41, 5.74) is 31.4. The van der Waals surface area contributed by atoms with E-state index in [1.165, 1.54) is 76.4 Å². The molecule has 3 aliphatic rings. The first kappa shape index (κ1) is 88.8. The number of rotatable bonds is 33. The number of hydrogen-bond donors (Lipinski definition) is 5. The van der Waals surface area contributed by atoms with E-state index in [1.807, 2.05) is 118 Å². The van der Waals surface area contributed by atoms with Gasteiger partial charge in [0.15, 0.2) is 17.3 Å². The van der Waals surface area contributed by atoms with E-state index in [-0.39, 0.29) is 68.2 Å². The van der Waals surface area contributed by atoms with Crippen molar-refractivity contribution in [1.29, 1.82) is 0 Å². The highest BCUT2D eigenvalue weighted by molar-refractivity contribution is 5.99. The van der Waals surface area contributed by atoms with Crippen molar-refractivity contribution < 1.29 is 28.6 Å². The zero-order valence-electron chi connectivity index (χ0n) is 71.7. The van der Waals surface area contributed by atoms with Gasteiger partial charge in [0.2, 0.25) is 0 Å². The Balaban J connectivity index is 0.000000151. The van der Waals surface area contributed by atoms with Gasteiger partial charge in [0, 0.05) is 49.0 Å². The third-order valence-corrected chi connectivity index (χ3v) is 23.9. The molecule has 3 aromatic heterocycles. The fraction of sp³-hybridized carbons (Fsp3) is 0.271. The molecule has 0 saturated heterocycles. The number of ketones is 3. The number of benzene rings is 12. The second-order valence-electron chi connectivity index (χ2n) is 33.1. The predicted octanol–water partition coefficient (Wildman–Crippen LogP) is 21.1. The first-order valence-corrected chi connectivity index (χ1v) is 43.2.